The van der Waals surface area contributed by atoms with Crippen molar-refractivity contribution in [3.63, 3.8) is 0 Å². The normalized spacial score (nSPS) is 18.7. The maximum Gasteiger partial charge on any atom is 0.241 e. The fraction of sp³-hybridized carbons (Fsp3) is 0.500. The third-order valence-electron chi connectivity index (χ3n) is 3.68. The SMILES string of the molecule is C[C@H](NS(=O)(=O)c1ccc2c(c1)OCO2)C(=O)N1CCOCC1. The number of morpholine rings is 1. The van der Waals surface area contributed by atoms with Gasteiger partial charge in [-0.25, -0.2) is 8.42 Å². The molecule has 8 nitrogen and oxygen atoms in total. The van der Waals surface area contributed by atoms with E-state index < -0.39 is 16.1 Å². The molecule has 1 saturated heterocycles. The van der Waals surface area contributed by atoms with Crippen LogP contribution in [0.3, 0.4) is 0 Å². The van der Waals surface area contributed by atoms with E-state index in [4.69, 9.17) is 14.2 Å². The number of amides is 1. The van der Waals surface area contributed by atoms with Gasteiger partial charge in [-0.2, -0.15) is 4.72 Å². The fourth-order valence-electron chi connectivity index (χ4n) is 2.45. The molecule has 3 rings (SSSR count). The average molecular weight is 342 g/mol. The summed E-state index contributed by atoms with van der Waals surface area (Å²) in [6.45, 7) is 3.46. The van der Waals surface area contributed by atoms with Gasteiger partial charge in [-0.15, -0.1) is 0 Å². The van der Waals surface area contributed by atoms with Gasteiger partial charge in [-0.05, 0) is 19.1 Å². The molecule has 0 spiro atoms. The van der Waals surface area contributed by atoms with Gasteiger partial charge in [-0.1, -0.05) is 0 Å². The van der Waals surface area contributed by atoms with Crippen LogP contribution in [0.4, 0.5) is 0 Å². The molecular formula is C14H18N2O6S. The maximum absolute atomic E-state index is 12.4. The number of carbonyl (C=O) groups excluding carboxylic acids is 1. The Morgan fingerprint density at radius 3 is 2.65 bits per heavy atom. The number of hydrogen-bond acceptors (Lipinski definition) is 6. The molecular weight excluding hydrogens is 324 g/mol. The van der Waals surface area contributed by atoms with Gasteiger partial charge >= 0.3 is 0 Å². The average Bonchev–Trinajstić information content (AvgIpc) is 3.02. The quantitative estimate of drug-likeness (QED) is 0.824. The lowest BCUT2D eigenvalue weighted by atomic mass is 10.3. The van der Waals surface area contributed by atoms with Gasteiger partial charge < -0.3 is 19.1 Å². The van der Waals surface area contributed by atoms with Crippen molar-refractivity contribution < 1.29 is 27.4 Å². The van der Waals surface area contributed by atoms with Crippen LogP contribution in [-0.2, 0) is 19.6 Å². The molecule has 1 aromatic carbocycles. The highest BCUT2D eigenvalue weighted by Gasteiger charge is 2.28. The zero-order valence-corrected chi connectivity index (χ0v) is 13.5. The third kappa shape index (κ3) is 3.41. The molecule has 0 unspecified atom stereocenters. The number of fused-ring (bicyclic) bond motifs is 1. The molecule has 1 fully saturated rings. The number of hydrogen-bond donors (Lipinski definition) is 1. The first-order chi connectivity index (χ1) is 11.0. The predicted molar refractivity (Wildman–Crippen MR) is 79.7 cm³/mol. The first-order valence-corrected chi connectivity index (χ1v) is 8.74. The number of ether oxygens (including phenoxy) is 3. The number of rotatable bonds is 4. The molecule has 0 saturated carbocycles. The second-order valence-corrected chi connectivity index (χ2v) is 7.01. The largest absolute Gasteiger partial charge is 0.454 e. The van der Waals surface area contributed by atoms with E-state index in [0.717, 1.165) is 0 Å². The summed E-state index contributed by atoms with van der Waals surface area (Å²) < 4.78 is 42.8. The highest BCUT2D eigenvalue weighted by Crippen LogP contribution is 2.33. The Hall–Kier alpha value is -1.84. The molecule has 1 N–H and O–H groups in total. The van der Waals surface area contributed by atoms with Gasteiger partial charge in [0.1, 0.15) is 0 Å². The molecule has 9 heteroatoms. The van der Waals surface area contributed by atoms with E-state index in [2.05, 4.69) is 4.72 Å². The third-order valence-corrected chi connectivity index (χ3v) is 5.22. The summed E-state index contributed by atoms with van der Waals surface area (Å²) >= 11 is 0. The van der Waals surface area contributed by atoms with Gasteiger partial charge in [0.25, 0.3) is 0 Å². The highest BCUT2D eigenvalue weighted by molar-refractivity contribution is 7.89. The van der Waals surface area contributed by atoms with Crippen molar-refractivity contribution in [2.24, 2.45) is 0 Å². The van der Waals surface area contributed by atoms with E-state index in [-0.39, 0.29) is 17.6 Å². The molecule has 0 aromatic heterocycles. The molecule has 0 bridgehead atoms. The lowest BCUT2D eigenvalue weighted by Gasteiger charge is -2.29. The molecule has 1 amide bonds. The summed E-state index contributed by atoms with van der Waals surface area (Å²) in [7, 11) is -3.83. The Labute approximate surface area is 134 Å². The van der Waals surface area contributed by atoms with Crippen LogP contribution in [0.2, 0.25) is 0 Å². The predicted octanol–water partition coefficient (Wildman–Crippen LogP) is -0.0591. The summed E-state index contributed by atoms with van der Waals surface area (Å²) in [6.07, 6.45) is 0. The van der Waals surface area contributed by atoms with E-state index in [1.54, 1.807) is 4.90 Å². The smallest absolute Gasteiger partial charge is 0.241 e. The molecule has 23 heavy (non-hydrogen) atoms. The van der Waals surface area contributed by atoms with Crippen molar-refractivity contribution in [1.82, 2.24) is 9.62 Å². The standard InChI is InChI=1S/C14H18N2O6S/c1-10(14(17)16-4-6-20-7-5-16)15-23(18,19)11-2-3-12-13(8-11)22-9-21-12/h2-3,8,10,15H,4-7,9H2,1H3/t10-/m0/s1. The Morgan fingerprint density at radius 1 is 1.22 bits per heavy atom. The van der Waals surface area contributed by atoms with Crippen LogP contribution >= 0.6 is 0 Å². The van der Waals surface area contributed by atoms with E-state index >= 15 is 0 Å². The van der Waals surface area contributed by atoms with Crippen LogP contribution in [0.1, 0.15) is 6.92 Å². The van der Waals surface area contributed by atoms with Crippen LogP contribution in [-0.4, -0.2) is 58.4 Å². The second-order valence-electron chi connectivity index (χ2n) is 5.30. The molecule has 2 aliphatic rings. The van der Waals surface area contributed by atoms with E-state index in [1.807, 2.05) is 0 Å². The Bertz CT molecular complexity index is 699. The highest BCUT2D eigenvalue weighted by atomic mass is 32.2. The first-order valence-electron chi connectivity index (χ1n) is 7.26. The summed E-state index contributed by atoms with van der Waals surface area (Å²) in [5, 5.41) is 0. The van der Waals surface area contributed by atoms with Crippen LogP contribution in [0, 0.1) is 0 Å². The molecule has 1 aromatic rings. The summed E-state index contributed by atoms with van der Waals surface area (Å²) in [5.41, 5.74) is 0. The Kier molecular flexibility index (Phi) is 4.42. The fourth-order valence-corrected chi connectivity index (χ4v) is 3.66. The maximum atomic E-state index is 12.4. The number of nitrogens with zero attached hydrogens (tertiary/aromatic N) is 1. The molecule has 0 aliphatic carbocycles. The van der Waals surface area contributed by atoms with Crippen molar-refractivity contribution in [1.29, 1.82) is 0 Å². The lowest BCUT2D eigenvalue weighted by Crippen LogP contribution is -2.50. The number of carbonyl (C=O) groups is 1. The van der Waals surface area contributed by atoms with Crippen molar-refractivity contribution in [2.45, 2.75) is 17.9 Å². The summed E-state index contributed by atoms with van der Waals surface area (Å²) in [5.74, 6) is 0.610. The molecule has 2 aliphatic heterocycles. The summed E-state index contributed by atoms with van der Waals surface area (Å²) in [4.78, 5) is 13.9. The van der Waals surface area contributed by atoms with Crippen LogP contribution in [0.5, 0.6) is 11.5 Å². The molecule has 126 valence electrons. The van der Waals surface area contributed by atoms with Crippen molar-refractivity contribution in [2.75, 3.05) is 33.1 Å². The molecule has 1 atom stereocenters. The minimum absolute atomic E-state index is 0.0309. The van der Waals surface area contributed by atoms with Gasteiger partial charge in [0.05, 0.1) is 24.2 Å². The molecule has 0 radical (unpaired) electrons. The zero-order chi connectivity index (χ0) is 16.4. The van der Waals surface area contributed by atoms with Crippen LogP contribution in [0.25, 0.3) is 0 Å². The van der Waals surface area contributed by atoms with Crippen molar-refractivity contribution in [3.8, 4) is 11.5 Å². The lowest BCUT2D eigenvalue weighted by molar-refractivity contribution is -0.136. The number of nitrogens with one attached hydrogen (secondary N) is 1. The first kappa shape index (κ1) is 16.0. The van der Waals surface area contributed by atoms with Crippen LogP contribution < -0.4 is 14.2 Å². The van der Waals surface area contributed by atoms with Crippen molar-refractivity contribution in [3.05, 3.63) is 18.2 Å². The monoisotopic (exact) mass is 342 g/mol. The Balaban J connectivity index is 1.71. The zero-order valence-electron chi connectivity index (χ0n) is 12.6. The van der Waals surface area contributed by atoms with E-state index in [1.165, 1.54) is 25.1 Å². The number of benzene rings is 1. The van der Waals surface area contributed by atoms with E-state index in [9.17, 15) is 13.2 Å². The number of sulfonamides is 1. The van der Waals surface area contributed by atoms with Gasteiger partial charge in [0.2, 0.25) is 22.7 Å². The van der Waals surface area contributed by atoms with Gasteiger partial charge in [0, 0.05) is 19.2 Å². The minimum atomic E-state index is -3.83. The van der Waals surface area contributed by atoms with E-state index in [0.29, 0.717) is 37.8 Å². The second kappa shape index (κ2) is 6.34. The summed E-state index contributed by atoms with van der Waals surface area (Å²) in [6, 6.07) is 3.48. The Morgan fingerprint density at radius 2 is 1.91 bits per heavy atom. The molecule has 2 heterocycles. The minimum Gasteiger partial charge on any atom is -0.454 e. The topological polar surface area (TPSA) is 94.2 Å². The van der Waals surface area contributed by atoms with Gasteiger partial charge in [0.15, 0.2) is 11.5 Å². The van der Waals surface area contributed by atoms with Crippen LogP contribution in [0.15, 0.2) is 23.1 Å². The van der Waals surface area contributed by atoms with Gasteiger partial charge in [-0.3, -0.25) is 4.79 Å². The van der Waals surface area contributed by atoms with Crippen molar-refractivity contribution >= 4 is 15.9 Å².